The van der Waals surface area contributed by atoms with Crippen LogP contribution in [0.2, 0.25) is 0 Å². The predicted molar refractivity (Wildman–Crippen MR) is 128 cm³/mol. The molecule has 0 amide bonds. The molecule has 0 aliphatic carbocycles. The van der Waals surface area contributed by atoms with Crippen LogP contribution in [0.1, 0.15) is 19.0 Å². The van der Waals surface area contributed by atoms with Gasteiger partial charge in [-0.1, -0.05) is 18.2 Å². The maximum Gasteiger partial charge on any atom is 0.227 e. The van der Waals surface area contributed by atoms with Gasteiger partial charge in [-0.3, -0.25) is 14.7 Å². The fourth-order valence-electron chi connectivity index (χ4n) is 3.64. The van der Waals surface area contributed by atoms with Crippen LogP contribution in [0.5, 0.6) is 0 Å². The third-order valence-electron chi connectivity index (χ3n) is 5.30. The minimum absolute atomic E-state index is 0.542. The van der Waals surface area contributed by atoms with Gasteiger partial charge in [-0.05, 0) is 54.8 Å². The molecule has 1 aliphatic heterocycles. The van der Waals surface area contributed by atoms with Gasteiger partial charge >= 0.3 is 0 Å². The Labute approximate surface area is 186 Å². The van der Waals surface area contributed by atoms with Crippen molar-refractivity contribution < 1.29 is 0 Å². The number of rotatable bonds is 6. The topological polar surface area (TPSA) is 80.9 Å². The molecule has 1 N–H and O–H groups in total. The van der Waals surface area contributed by atoms with Gasteiger partial charge in [-0.2, -0.15) is 5.10 Å². The lowest BCUT2D eigenvalue weighted by Crippen LogP contribution is -2.00. The first-order valence-corrected chi connectivity index (χ1v) is 10.7. The van der Waals surface area contributed by atoms with Gasteiger partial charge in [0.05, 0.1) is 5.69 Å². The van der Waals surface area contributed by atoms with E-state index in [0.717, 1.165) is 58.8 Å². The van der Waals surface area contributed by atoms with Crippen LogP contribution in [0.3, 0.4) is 0 Å². The summed E-state index contributed by atoms with van der Waals surface area (Å²) in [6, 6.07) is 14.1. The van der Waals surface area contributed by atoms with Crippen molar-refractivity contribution in [3.05, 3.63) is 79.0 Å². The van der Waals surface area contributed by atoms with Crippen LogP contribution >= 0.6 is 0 Å². The summed E-state index contributed by atoms with van der Waals surface area (Å²) in [7, 11) is 0. The number of aliphatic imine (C=N–C) groups is 1. The van der Waals surface area contributed by atoms with Crippen molar-refractivity contribution in [1.29, 1.82) is 0 Å². The summed E-state index contributed by atoms with van der Waals surface area (Å²) in [4.78, 5) is 17.7. The molecule has 0 radical (unpaired) electrons. The fourth-order valence-corrected chi connectivity index (χ4v) is 3.64. The molecule has 32 heavy (non-hydrogen) atoms. The molecular weight excluding hydrogens is 398 g/mol. The number of aromatic nitrogens is 5. The highest BCUT2D eigenvalue weighted by atomic mass is 15.3. The second kappa shape index (κ2) is 8.93. The second-order valence-corrected chi connectivity index (χ2v) is 7.43. The van der Waals surface area contributed by atoms with E-state index in [4.69, 9.17) is 10.1 Å². The zero-order valence-electron chi connectivity index (χ0n) is 17.8. The molecule has 4 heterocycles. The fraction of sp³-hybridized carbons (Fsp3) is 0.160. The van der Waals surface area contributed by atoms with Crippen molar-refractivity contribution in [3.8, 4) is 22.4 Å². The lowest BCUT2D eigenvalue weighted by atomic mass is 10.0. The van der Waals surface area contributed by atoms with Crippen molar-refractivity contribution in [2.75, 3.05) is 11.9 Å². The average Bonchev–Trinajstić information content (AvgIpc) is 3.31. The van der Waals surface area contributed by atoms with Gasteiger partial charge < -0.3 is 5.32 Å². The maximum absolute atomic E-state index is 4.77. The van der Waals surface area contributed by atoms with Crippen LogP contribution in [0.4, 0.5) is 11.6 Å². The van der Waals surface area contributed by atoms with Gasteiger partial charge in [-0.15, -0.1) is 0 Å². The first kappa shape index (κ1) is 19.8. The Kier molecular flexibility index (Phi) is 5.53. The quantitative estimate of drug-likeness (QED) is 0.473. The summed E-state index contributed by atoms with van der Waals surface area (Å²) in [5.74, 6) is 0.542. The molecule has 0 atom stereocenters. The van der Waals surface area contributed by atoms with E-state index in [9.17, 15) is 0 Å². The Hall–Kier alpha value is -4.13. The van der Waals surface area contributed by atoms with Crippen molar-refractivity contribution in [2.45, 2.75) is 19.9 Å². The van der Waals surface area contributed by atoms with Gasteiger partial charge in [0.15, 0.2) is 0 Å². The summed E-state index contributed by atoms with van der Waals surface area (Å²) in [6.45, 7) is 3.69. The Balaban J connectivity index is 1.42. The van der Waals surface area contributed by atoms with E-state index < -0.39 is 0 Å². The smallest absolute Gasteiger partial charge is 0.227 e. The van der Waals surface area contributed by atoms with Gasteiger partial charge in [0, 0.05) is 60.9 Å². The Morgan fingerprint density at radius 3 is 2.53 bits per heavy atom. The zero-order valence-corrected chi connectivity index (χ0v) is 17.8. The number of nitrogens with one attached hydrogen (secondary N) is 1. The van der Waals surface area contributed by atoms with Crippen LogP contribution in [-0.2, 0) is 6.54 Å². The molecule has 0 saturated carbocycles. The van der Waals surface area contributed by atoms with Crippen LogP contribution in [-0.4, -0.2) is 37.5 Å². The average molecular weight is 422 g/mol. The number of pyridine rings is 1. The lowest BCUT2D eigenvalue weighted by molar-refractivity contribution is 0.657. The predicted octanol–water partition coefficient (Wildman–Crippen LogP) is 5.02. The summed E-state index contributed by atoms with van der Waals surface area (Å²) in [5.41, 5.74) is 6.93. The molecule has 0 spiro atoms. The minimum atomic E-state index is 0.542. The van der Waals surface area contributed by atoms with Crippen LogP contribution in [0, 0.1) is 0 Å². The van der Waals surface area contributed by atoms with E-state index in [1.807, 2.05) is 47.4 Å². The summed E-state index contributed by atoms with van der Waals surface area (Å²) in [5, 5.41) is 8.06. The largest absolute Gasteiger partial charge is 0.324 e. The number of aryl methyl sites for hydroxylation is 1. The number of nitrogens with zero attached hydrogens (tertiary/aromatic N) is 6. The number of hydrogen-bond acceptors (Lipinski definition) is 6. The second-order valence-electron chi connectivity index (χ2n) is 7.43. The molecule has 0 saturated heterocycles. The number of anilines is 2. The molecule has 4 aromatic rings. The maximum atomic E-state index is 4.77. The molecule has 0 bridgehead atoms. The first-order chi connectivity index (χ1) is 15.8. The van der Waals surface area contributed by atoms with E-state index in [2.05, 4.69) is 45.4 Å². The Bertz CT molecular complexity index is 1270. The molecule has 158 valence electrons. The molecule has 5 rings (SSSR count). The molecule has 7 nitrogen and oxygen atoms in total. The number of benzene rings is 1. The number of dihydropyridines is 1. The summed E-state index contributed by atoms with van der Waals surface area (Å²) in [6.07, 6.45) is 12.4. The zero-order chi connectivity index (χ0) is 21.8. The lowest BCUT2D eigenvalue weighted by Gasteiger charge is -2.09. The monoisotopic (exact) mass is 421 g/mol. The standard InChI is InChI=1S/C25H23N7/c1-2-32-17-22(24(31-32)20-4-3-12-27-16-20)23-11-15-28-25(30-23)29-21-7-5-18(6-8-21)19-9-13-26-14-10-19/h4-11,13-17H,2-3,12H2,1H3,(H,28,29,30). The van der Waals surface area contributed by atoms with Crippen molar-refractivity contribution >= 4 is 23.4 Å². The highest BCUT2D eigenvalue weighted by Crippen LogP contribution is 2.28. The third-order valence-corrected chi connectivity index (χ3v) is 5.30. The highest BCUT2D eigenvalue weighted by Gasteiger charge is 2.16. The van der Waals surface area contributed by atoms with E-state index in [0.29, 0.717) is 5.95 Å². The number of allylic oxidation sites excluding steroid dienone is 1. The molecular formula is C25H23N7. The van der Waals surface area contributed by atoms with Gasteiger partial charge in [0.25, 0.3) is 0 Å². The van der Waals surface area contributed by atoms with E-state index >= 15 is 0 Å². The molecule has 1 aromatic carbocycles. The van der Waals surface area contributed by atoms with Crippen LogP contribution < -0.4 is 5.32 Å². The summed E-state index contributed by atoms with van der Waals surface area (Å²) < 4.78 is 1.93. The van der Waals surface area contributed by atoms with Gasteiger partial charge in [-0.25, -0.2) is 9.97 Å². The van der Waals surface area contributed by atoms with Crippen molar-refractivity contribution in [3.63, 3.8) is 0 Å². The van der Waals surface area contributed by atoms with E-state index in [1.54, 1.807) is 18.6 Å². The molecule has 3 aromatic heterocycles. The van der Waals surface area contributed by atoms with E-state index in [1.165, 1.54) is 0 Å². The Morgan fingerprint density at radius 1 is 0.969 bits per heavy atom. The molecule has 7 heteroatoms. The molecule has 0 fully saturated rings. The molecule has 0 unspecified atom stereocenters. The van der Waals surface area contributed by atoms with Gasteiger partial charge in [0.2, 0.25) is 5.95 Å². The Morgan fingerprint density at radius 2 is 1.78 bits per heavy atom. The van der Waals surface area contributed by atoms with Crippen LogP contribution in [0.15, 0.2) is 78.3 Å². The van der Waals surface area contributed by atoms with Crippen molar-refractivity contribution in [2.24, 2.45) is 4.99 Å². The minimum Gasteiger partial charge on any atom is -0.324 e. The van der Waals surface area contributed by atoms with E-state index in [-0.39, 0.29) is 0 Å². The molecule has 1 aliphatic rings. The van der Waals surface area contributed by atoms with Crippen LogP contribution in [0.25, 0.3) is 28.0 Å². The normalized spacial score (nSPS) is 13.1. The third kappa shape index (κ3) is 4.18. The van der Waals surface area contributed by atoms with Gasteiger partial charge in [0.1, 0.15) is 5.69 Å². The highest BCUT2D eigenvalue weighted by molar-refractivity contribution is 6.11. The SMILES string of the molecule is CCn1cc(-c2ccnc(Nc3ccc(-c4ccncc4)cc3)n2)c(C2=CCCN=C2)n1. The first-order valence-electron chi connectivity index (χ1n) is 10.7. The van der Waals surface area contributed by atoms with Crippen molar-refractivity contribution in [1.82, 2.24) is 24.7 Å². The summed E-state index contributed by atoms with van der Waals surface area (Å²) >= 11 is 0. The number of hydrogen-bond donors (Lipinski definition) is 1.